The van der Waals surface area contributed by atoms with Crippen molar-refractivity contribution < 1.29 is 9.57 Å². The summed E-state index contributed by atoms with van der Waals surface area (Å²) in [6, 6.07) is 20.2. The summed E-state index contributed by atoms with van der Waals surface area (Å²) in [5, 5.41) is 4.75. The van der Waals surface area contributed by atoms with Crippen LogP contribution in [0.15, 0.2) is 89.4 Å². The highest BCUT2D eigenvalue weighted by Crippen LogP contribution is 2.30. The molecule has 0 atom stereocenters. The molecule has 2 aromatic carbocycles. The molecule has 1 aliphatic rings. The van der Waals surface area contributed by atoms with Crippen molar-refractivity contribution in [3.05, 3.63) is 84.8 Å². The first-order chi connectivity index (χ1) is 18.2. The second kappa shape index (κ2) is 11.6. The van der Waals surface area contributed by atoms with Crippen LogP contribution >= 0.6 is 0 Å². The summed E-state index contributed by atoms with van der Waals surface area (Å²) in [7, 11) is 1.64. The maximum Gasteiger partial charge on any atom is 0.251 e. The monoisotopic (exact) mass is 494 g/mol. The Morgan fingerprint density at radius 1 is 0.973 bits per heavy atom. The number of methoxy groups -OCH3 is 1. The number of ether oxygens (including phenoxy) is 1. The Morgan fingerprint density at radius 3 is 2.65 bits per heavy atom. The summed E-state index contributed by atoms with van der Waals surface area (Å²) in [6.45, 7) is 8.70. The third kappa shape index (κ3) is 5.76. The molecule has 8 nitrogen and oxygen atoms in total. The van der Waals surface area contributed by atoms with Gasteiger partial charge in [0.2, 0.25) is 0 Å². The predicted octanol–water partition coefficient (Wildman–Crippen LogP) is 4.51. The second-order valence-electron chi connectivity index (χ2n) is 8.77. The molecule has 0 bridgehead atoms. The molecule has 1 aliphatic heterocycles. The average Bonchev–Trinajstić information content (AvgIpc) is 2.97. The largest absolute Gasteiger partial charge is 0.497 e. The molecular weight excluding hydrogens is 464 g/mol. The van der Waals surface area contributed by atoms with Gasteiger partial charge in [0.05, 0.1) is 19.2 Å². The number of rotatable bonds is 8. The maximum absolute atomic E-state index is 5.34. The van der Waals surface area contributed by atoms with Crippen LogP contribution in [0.5, 0.6) is 5.75 Å². The number of aliphatic imine (C=N–C) groups is 1. The first-order valence-electron chi connectivity index (χ1n) is 12.3. The van der Waals surface area contributed by atoms with Gasteiger partial charge < -0.3 is 14.5 Å². The van der Waals surface area contributed by atoms with Gasteiger partial charge in [0.25, 0.3) is 5.90 Å². The van der Waals surface area contributed by atoms with E-state index in [9.17, 15) is 0 Å². The van der Waals surface area contributed by atoms with Gasteiger partial charge >= 0.3 is 0 Å². The van der Waals surface area contributed by atoms with Crippen LogP contribution in [0.3, 0.4) is 0 Å². The molecule has 3 heterocycles. The Kier molecular flexibility index (Phi) is 7.66. The fraction of sp³-hybridized carbons (Fsp3) is 0.241. The minimum absolute atomic E-state index is 0.446. The lowest BCUT2D eigenvalue weighted by molar-refractivity contribution is 0.263. The van der Waals surface area contributed by atoms with Crippen molar-refractivity contribution >= 4 is 29.2 Å². The van der Waals surface area contributed by atoms with Crippen LogP contribution in [0.4, 0.5) is 5.69 Å². The Hall–Kier alpha value is -4.30. The van der Waals surface area contributed by atoms with Gasteiger partial charge in [-0.25, -0.2) is 4.99 Å². The van der Waals surface area contributed by atoms with Crippen molar-refractivity contribution in [3.8, 4) is 16.9 Å². The molecule has 0 saturated carbocycles. The molecule has 5 rings (SSSR count). The smallest absolute Gasteiger partial charge is 0.251 e. The Balaban J connectivity index is 1.22. The number of nitrogens with zero attached hydrogens (tertiary/aromatic N) is 6. The minimum atomic E-state index is 0.446. The van der Waals surface area contributed by atoms with E-state index in [0.29, 0.717) is 12.4 Å². The van der Waals surface area contributed by atoms with Crippen molar-refractivity contribution in [1.82, 2.24) is 14.9 Å². The number of anilines is 1. The van der Waals surface area contributed by atoms with Crippen LogP contribution < -0.4 is 9.64 Å². The third-order valence-electron chi connectivity index (χ3n) is 6.57. The van der Waals surface area contributed by atoms with Crippen molar-refractivity contribution in [2.24, 2.45) is 10.1 Å². The number of oxime groups is 1. The number of fused-ring (bicyclic) bond motifs is 1. The summed E-state index contributed by atoms with van der Waals surface area (Å²) >= 11 is 0. The summed E-state index contributed by atoms with van der Waals surface area (Å²) < 4.78 is 5.31. The SMILES string of the molecule is C=NOC(=NCCN1CCN(c2ccnc3cc(-c4cccnc4)ccc23)CC1)c1cccc(OC)c1. The van der Waals surface area contributed by atoms with E-state index in [2.05, 4.69) is 67.0 Å². The van der Waals surface area contributed by atoms with Crippen molar-refractivity contribution in [2.45, 2.75) is 0 Å². The zero-order valence-electron chi connectivity index (χ0n) is 21.0. The van der Waals surface area contributed by atoms with Gasteiger partial charge in [-0.05, 0) is 42.0 Å². The van der Waals surface area contributed by atoms with Gasteiger partial charge in [0.15, 0.2) is 0 Å². The van der Waals surface area contributed by atoms with E-state index in [4.69, 9.17) is 9.57 Å². The molecule has 0 radical (unpaired) electrons. The Morgan fingerprint density at radius 2 is 1.86 bits per heavy atom. The highest BCUT2D eigenvalue weighted by Gasteiger charge is 2.19. The van der Waals surface area contributed by atoms with Crippen LogP contribution in [0.25, 0.3) is 22.0 Å². The van der Waals surface area contributed by atoms with Crippen molar-refractivity contribution in [2.75, 3.05) is 51.3 Å². The summed E-state index contributed by atoms with van der Waals surface area (Å²) in [4.78, 5) is 23.7. The molecule has 0 amide bonds. The number of hydrogen-bond acceptors (Lipinski definition) is 8. The number of benzene rings is 2. The molecule has 0 N–H and O–H groups in total. The standard InChI is InChI=1S/C29H30N6O2/c1-30-37-29(23-5-3-7-25(19-23)36-2)33-13-14-34-15-17-35(18-16-34)28-10-12-32-27-20-22(8-9-26(27)28)24-6-4-11-31-21-24/h3-12,19-21H,1,13-18H2,2H3. The molecule has 1 fully saturated rings. The molecular formula is C29H30N6O2. The minimum Gasteiger partial charge on any atom is -0.497 e. The predicted molar refractivity (Wildman–Crippen MR) is 149 cm³/mol. The fourth-order valence-corrected chi connectivity index (χ4v) is 4.62. The van der Waals surface area contributed by atoms with E-state index < -0.39 is 0 Å². The van der Waals surface area contributed by atoms with E-state index in [1.165, 1.54) is 11.1 Å². The summed E-state index contributed by atoms with van der Waals surface area (Å²) in [5.41, 5.74) is 5.26. The van der Waals surface area contributed by atoms with Crippen LogP contribution in [-0.4, -0.2) is 73.9 Å². The lowest BCUT2D eigenvalue weighted by atomic mass is 10.0. The lowest BCUT2D eigenvalue weighted by Gasteiger charge is -2.36. The number of aromatic nitrogens is 2. The van der Waals surface area contributed by atoms with E-state index in [1.54, 1.807) is 13.3 Å². The highest BCUT2D eigenvalue weighted by atomic mass is 16.6. The molecule has 2 aromatic heterocycles. The van der Waals surface area contributed by atoms with Gasteiger partial charge in [-0.15, -0.1) is 0 Å². The number of hydrogen-bond donors (Lipinski definition) is 0. The fourth-order valence-electron chi connectivity index (χ4n) is 4.62. The van der Waals surface area contributed by atoms with E-state index >= 15 is 0 Å². The molecule has 0 aliphatic carbocycles. The van der Waals surface area contributed by atoms with Gasteiger partial charge in [0, 0.05) is 80.2 Å². The highest BCUT2D eigenvalue weighted by molar-refractivity contribution is 5.95. The Labute approximate surface area is 216 Å². The number of piperazine rings is 1. The van der Waals surface area contributed by atoms with Gasteiger partial charge in [-0.2, -0.15) is 0 Å². The average molecular weight is 495 g/mol. The van der Waals surface area contributed by atoms with E-state index in [-0.39, 0.29) is 0 Å². The normalized spacial score (nSPS) is 14.5. The van der Waals surface area contributed by atoms with E-state index in [1.807, 2.05) is 42.7 Å². The molecule has 1 saturated heterocycles. The maximum atomic E-state index is 5.34. The van der Waals surface area contributed by atoms with Gasteiger partial charge in [-0.1, -0.05) is 29.4 Å². The Bertz CT molecular complexity index is 1380. The summed E-state index contributed by atoms with van der Waals surface area (Å²) in [5.74, 6) is 1.19. The van der Waals surface area contributed by atoms with Crippen LogP contribution in [-0.2, 0) is 4.84 Å². The third-order valence-corrected chi connectivity index (χ3v) is 6.57. The quantitative estimate of drug-likeness (QED) is 0.204. The van der Waals surface area contributed by atoms with E-state index in [0.717, 1.165) is 60.7 Å². The van der Waals surface area contributed by atoms with Crippen molar-refractivity contribution in [3.63, 3.8) is 0 Å². The molecule has 188 valence electrons. The van der Waals surface area contributed by atoms with Gasteiger partial charge in [0.1, 0.15) is 5.75 Å². The topological polar surface area (TPSA) is 75.4 Å². The molecule has 0 unspecified atom stereocenters. The molecule has 4 aromatic rings. The first kappa shape index (κ1) is 24.4. The lowest BCUT2D eigenvalue weighted by Crippen LogP contribution is -2.47. The first-order valence-corrected chi connectivity index (χ1v) is 12.3. The number of pyridine rings is 2. The molecule has 8 heteroatoms. The van der Waals surface area contributed by atoms with Gasteiger partial charge in [-0.3, -0.25) is 14.9 Å². The van der Waals surface area contributed by atoms with Crippen LogP contribution in [0.2, 0.25) is 0 Å². The van der Waals surface area contributed by atoms with Crippen molar-refractivity contribution in [1.29, 1.82) is 0 Å². The van der Waals surface area contributed by atoms with Crippen LogP contribution in [0.1, 0.15) is 5.56 Å². The second-order valence-corrected chi connectivity index (χ2v) is 8.77. The van der Waals surface area contributed by atoms with Crippen LogP contribution in [0, 0.1) is 0 Å². The molecule has 37 heavy (non-hydrogen) atoms. The summed E-state index contributed by atoms with van der Waals surface area (Å²) in [6.07, 6.45) is 5.58. The zero-order chi connectivity index (χ0) is 25.5. The zero-order valence-corrected chi connectivity index (χ0v) is 21.0. The molecule has 0 spiro atoms.